The molecular weight excluding hydrogens is 482 g/mol. The minimum atomic E-state index is -4.35. The van der Waals surface area contributed by atoms with Crippen LogP contribution in [0.4, 0.5) is 13.2 Å². The van der Waals surface area contributed by atoms with Crippen LogP contribution in [0.15, 0.2) is 29.3 Å². The van der Waals surface area contributed by atoms with Crippen LogP contribution in [-0.2, 0) is 10.9 Å². The highest BCUT2D eigenvalue weighted by Gasteiger charge is 2.59. The summed E-state index contributed by atoms with van der Waals surface area (Å²) in [5.41, 5.74) is -0.0661. The molecule has 158 valence electrons. The first-order chi connectivity index (χ1) is 12.6. The van der Waals surface area contributed by atoms with Gasteiger partial charge in [0.2, 0.25) is 0 Å². The normalized spacial score (nSPS) is 27.2. The fraction of sp³-hybridized carbons (Fsp3) is 0.650. The SMILES string of the molecule is CCN=C(NC(C)c1cccc(C(F)(F)F)c1)NC1C2CCOC2C1(C)C.I. The molecule has 1 aromatic rings. The van der Waals surface area contributed by atoms with E-state index in [1.54, 1.807) is 6.07 Å². The third-order valence-electron chi connectivity index (χ3n) is 5.78. The molecule has 28 heavy (non-hydrogen) atoms. The molecule has 1 aromatic carbocycles. The first-order valence-corrected chi connectivity index (χ1v) is 9.51. The van der Waals surface area contributed by atoms with Crippen LogP contribution in [0.5, 0.6) is 0 Å². The maximum absolute atomic E-state index is 13.0. The smallest absolute Gasteiger partial charge is 0.377 e. The lowest BCUT2D eigenvalue weighted by molar-refractivity contribution is -0.137. The van der Waals surface area contributed by atoms with E-state index in [1.807, 2.05) is 13.8 Å². The molecular formula is C20H29F3IN3O. The van der Waals surface area contributed by atoms with E-state index in [-0.39, 0.29) is 47.6 Å². The zero-order valence-electron chi connectivity index (χ0n) is 16.6. The van der Waals surface area contributed by atoms with E-state index in [0.29, 0.717) is 24.0 Å². The van der Waals surface area contributed by atoms with Crippen LogP contribution < -0.4 is 10.6 Å². The Bertz CT molecular complexity index is 708. The van der Waals surface area contributed by atoms with E-state index >= 15 is 0 Å². The highest BCUT2D eigenvalue weighted by atomic mass is 127. The van der Waals surface area contributed by atoms with E-state index in [0.717, 1.165) is 19.1 Å². The van der Waals surface area contributed by atoms with Crippen LogP contribution >= 0.6 is 24.0 Å². The van der Waals surface area contributed by atoms with Crippen molar-refractivity contribution in [2.45, 2.75) is 58.5 Å². The van der Waals surface area contributed by atoms with Gasteiger partial charge in [-0.15, -0.1) is 24.0 Å². The first-order valence-electron chi connectivity index (χ1n) is 9.51. The number of hydrogen-bond donors (Lipinski definition) is 2. The van der Waals surface area contributed by atoms with E-state index in [2.05, 4.69) is 29.5 Å². The number of ether oxygens (including phenoxy) is 1. The molecule has 1 aliphatic heterocycles. The lowest BCUT2D eigenvalue weighted by Gasteiger charge is -2.55. The van der Waals surface area contributed by atoms with Gasteiger partial charge < -0.3 is 15.4 Å². The van der Waals surface area contributed by atoms with Crippen molar-refractivity contribution in [3.8, 4) is 0 Å². The fourth-order valence-electron chi connectivity index (χ4n) is 4.33. The van der Waals surface area contributed by atoms with Gasteiger partial charge in [0.05, 0.1) is 17.7 Å². The maximum atomic E-state index is 13.0. The quantitative estimate of drug-likeness (QED) is 0.349. The van der Waals surface area contributed by atoms with Gasteiger partial charge in [0.25, 0.3) is 0 Å². The van der Waals surface area contributed by atoms with Crippen molar-refractivity contribution >= 4 is 29.9 Å². The second kappa shape index (κ2) is 8.77. The highest BCUT2D eigenvalue weighted by molar-refractivity contribution is 14.0. The van der Waals surface area contributed by atoms with Gasteiger partial charge in [-0.1, -0.05) is 26.0 Å². The predicted molar refractivity (Wildman–Crippen MR) is 115 cm³/mol. The van der Waals surface area contributed by atoms with Crippen molar-refractivity contribution in [3.05, 3.63) is 35.4 Å². The summed E-state index contributed by atoms with van der Waals surface area (Å²) in [6.07, 6.45) is -3.06. The number of benzene rings is 1. The van der Waals surface area contributed by atoms with Crippen LogP contribution in [0.1, 0.15) is 51.3 Å². The maximum Gasteiger partial charge on any atom is 0.416 e. The van der Waals surface area contributed by atoms with Crippen LogP contribution in [0.3, 0.4) is 0 Å². The van der Waals surface area contributed by atoms with E-state index in [9.17, 15) is 13.2 Å². The Kier molecular flexibility index (Phi) is 7.28. The van der Waals surface area contributed by atoms with Crippen LogP contribution in [0.25, 0.3) is 0 Å². The summed E-state index contributed by atoms with van der Waals surface area (Å²) in [6, 6.07) is 5.35. The molecule has 3 rings (SSSR count). The summed E-state index contributed by atoms with van der Waals surface area (Å²) in [4.78, 5) is 4.49. The van der Waals surface area contributed by atoms with Crippen LogP contribution in [-0.4, -0.2) is 31.3 Å². The number of halogens is 4. The topological polar surface area (TPSA) is 45.7 Å². The average Bonchev–Trinajstić information content (AvgIpc) is 3.06. The lowest BCUT2D eigenvalue weighted by atomic mass is 9.57. The number of alkyl halides is 3. The molecule has 1 aliphatic carbocycles. The molecule has 2 aliphatic rings. The van der Waals surface area contributed by atoms with Gasteiger partial charge >= 0.3 is 6.18 Å². The van der Waals surface area contributed by atoms with Crippen molar-refractivity contribution in [3.63, 3.8) is 0 Å². The van der Waals surface area contributed by atoms with Gasteiger partial charge in [0.15, 0.2) is 5.96 Å². The summed E-state index contributed by atoms with van der Waals surface area (Å²) in [5, 5.41) is 6.76. The van der Waals surface area contributed by atoms with Gasteiger partial charge in [0.1, 0.15) is 0 Å². The van der Waals surface area contributed by atoms with E-state index in [4.69, 9.17) is 4.74 Å². The highest BCUT2D eigenvalue weighted by Crippen LogP contribution is 2.52. The van der Waals surface area contributed by atoms with Crippen molar-refractivity contribution in [2.75, 3.05) is 13.2 Å². The van der Waals surface area contributed by atoms with Crippen LogP contribution in [0, 0.1) is 11.3 Å². The van der Waals surface area contributed by atoms with Gasteiger partial charge in [-0.3, -0.25) is 4.99 Å². The predicted octanol–water partition coefficient (Wildman–Crippen LogP) is 4.75. The summed E-state index contributed by atoms with van der Waals surface area (Å²) in [6.45, 7) is 9.50. The Morgan fingerprint density at radius 3 is 2.71 bits per heavy atom. The minimum absolute atomic E-state index is 0. The van der Waals surface area contributed by atoms with E-state index in [1.165, 1.54) is 12.1 Å². The molecule has 4 atom stereocenters. The third-order valence-corrected chi connectivity index (χ3v) is 5.78. The van der Waals surface area contributed by atoms with Gasteiger partial charge in [0, 0.05) is 30.5 Å². The second-order valence-corrected chi connectivity index (χ2v) is 8.00. The molecule has 1 saturated heterocycles. The molecule has 0 spiro atoms. The van der Waals surface area contributed by atoms with Crippen molar-refractivity contribution in [1.29, 1.82) is 0 Å². The zero-order valence-corrected chi connectivity index (χ0v) is 19.0. The molecule has 0 aromatic heterocycles. The first kappa shape index (κ1) is 23.3. The summed E-state index contributed by atoms with van der Waals surface area (Å²) >= 11 is 0. The molecule has 1 heterocycles. The Hall–Kier alpha value is -1.03. The molecule has 0 radical (unpaired) electrons. The standard InChI is InChI=1S/C20H28F3N3O.HI/c1-5-24-18(26-16-15-9-10-27-17(15)19(16,3)4)25-12(2)13-7-6-8-14(11-13)20(21,22)23;/h6-8,11-12,15-17H,5,9-10H2,1-4H3,(H2,24,25,26);1H. The molecule has 2 N–H and O–H groups in total. The average molecular weight is 511 g/mol. The second-order valence-electron chi connectivity index (χ2n) is 8.00. The minimum Gasteiger partial charge on any atom is -0.377 e. The Balaban J connectivity index is 0.00000280. The fourth-order valence-corrected chi connectivity index (χ4v) is 4.33. The summed E-state index contributed by atoms with van der Waals surface area (Å²) in [7, 11) is 0. The van der Waals surface area contributed by atoms with Gasteiger partial charge in [-0.25, -0.2) is 0 Å². The molecule has 4 nitrogen and oxygen atoms in total. The third kappa shape index (κ3) is 4.58. The summed E-state index contributed by atoms with van der Waals surface area (Å²) in [5.74, 6) is 1.08. The van der Waals surface area contributed by atoms with Gasteiger partial charge in [-0.2, -0.15) is 13.2 Å². The van der Waals surface area contributed by atoms with E-state index < -0.39 is 11.7 Å². The Morgan fingerprint density at radius 1 is 1.36 bits per heavy atom. The van der Waals surface area contributed by atoms with Crippen molar-refractivity contribution in [2.24, 2.45) is 16.3 Å². The number of nitrogens with one attached hydrogen (secondary N) is 2. The van der Waals surface area contributed by atoms with Gasteiger partial charge in [-0.05, 0) is 38.0 Å². The number of hydrogen-bond acceptors (Lipinski definition) is 2. The molecule has 4 unspecified atom stereocenters. The summed E-state index contributed by atoms with van der Waals surface area (Å²) < 4.78 is 44.8. The van der Waals surface area contributed by atoms with Crippen LogP contribution in [0.2, 0.25) is 0 Å². The molecule has 0 amide bonds. The number of aliphatic imine (C=N–C) groups is 1. The largest absolute Gasteiger partial charge is 0.416 e. The lowest BCUT2D eigenvalue weighted by Crippen LogP contribution is -2.68. The number of guanidine groups is 1. The zero-order chi connectivity index (χ0) is 19.8. The molecule has 1 saturated carbocycles. The monoisotopic (exact) mass is 511 g/mol. The Morgan fingerprint density at radius 2 is 2.07 bits per heavy atom. The number of rotatable bonds is 4. The molecule has 8 heteroatoms. The Labute approximate surface area is 181 Å². The van der Waals surface area contributed by atoms with Crippen molar-refractivity contribution < 1.29 is 17.9 Å². The molecule has 0 bridgehead atoms. The number of nitrogens with zero attached hydrogens (tertiary/aromatic N) is 1. The van der Waals surface area contributed by atoms with Crippen molar-refractivity contribution in [1.82, 2.24) is 10.6 Å². The molecule has 2 fully saturated rings. The number of fused-ring (bicyclic) bond motifs is 1.